The molecule has 4 aliphatic heterocycles. The number of carboxylic acid groups (broad SMARTS) is 1. The predicted octanol–water partition coefficient (Wildman–Crippen LogP) is 15.8. The Bertz CT molecular complexity index is 3820. The largest absolute Gasteiger partial charge is 0.478 e. The molecular formula is C78H93ClF2N10O8. The Hall–Kier alpha value is -9.63. The molecule has 0 aliphatic carbocycles. The van der Waals surface area contributed by atoms with Crippen molar-refractivity contribution in [1.82, 2.24) is 30.2 Å². The van der Waals surface area contributed by atoms with Crippen molar-refractivity contribution in [2.45, 2.75) is 136 Å². The Morgan fingerprint density at radius 1 is 0.545 bits per heavy atom. The summed E-state index contributed by atoms with van der Waals surface area (Å²) >= 11 is 5.07. The van der Waals surface area contributed by atoms with Gasteiger partial charge in [0, 0.05) is 90.8 Å². The van der Waals surface area contributed by atoms with Crippen LogP contribution in [-0.2, 0) is 0 Å². The summed E-state index contributed by atoms with van der Waals surface area (Å²) in [6.07, 6.45) is 6.71. The number of hydrogen-bond acceptors (Lipinski definition) is 13. The lowest BCUT2D eigenvalue weighted by Gasteiger charge is -2.31. The third-order valence-corrected chi connectivity index (χ3v) is 18.0. The molecule has 1 aromatic heterocycles. The molecule has 3 amide bonds. The lowest BCUT2D eigenvalue weighted by molar-refractivity contribution is 0.0689. The molecule has 99 heavy (non-hydrogen) atoms. The van der Waals surface area contributed by atoms with Gasteiger partial charge >= 0.3 is 5.97 Å². The Kier molecular flexibility index (Phi) is 31.4. The summed E-state index contributed by atoms with van der Waals surface area (Å²) < 4.78 is 31.0. The van der Waals surface area contributed by atoms with Gasteiger partial charge < -0.3 is 40.6 Å². The Labute approximate surface area is 585 Å². The number of nitriles is 2. The van der Waals surface area contributed by atoms with Crippen LogP contribution in [-0.4, -0.2) is 122 Å². The molecular weight excluding hydrogens is 1280 g/mol. The average Bonchev–Trinajstić information content (AvgIpc) is 1.53. The zero-order valence-electron chi connectivity index (χ0n) is 57.9. The van der Waals surface area contributed by atoms with E-state index in [0.29, 0.717) is 91.7 Å². The molecule has 7 aromatic rings. The fourth-order valence-electron chi connectivity index (χ4n) is 11.3. The van der Waals surface area contributed by atoms with Crippen molar-refractivity contribution in [2.75, 3.05) is 52.4 Å². The minimum atomic E-state index is -0.870. The number of benzene rings is 6. The van der Waals surface area contributed by atoms with Crippen LogP contribution < -0.4 is 11.1 Å². The number of oxime groups is 1. The number of nitrogens with zero attached hydrogens (tertiary/aromatic N) is 8. The van der Waals surface area contributed by atoms with E-state index in [-0.39, 0.29) is 52.7 Å². The molecule has 5 heterocycles. The molecule has 0 bridgehead atoms. The van der Waals surface area contributed by atoms with Crippen LogP contribution in [0.15, 0.2) is 155 Å². The Morgan fingerprint density at radius 2 is 0.919 bits per heavy atom. The topological polar surface area (TPSA) is 272 Å². The Balaban J connectivity index is 0.000000197. The second-order valence-electron chi connectivity index (χ2n) is 26.2. The van der Waals surface area contributed by atoms with E-state index in [1.807, 2.05) is 99.6 Å². The van der Waals surface area contributed by atoms with Crippen molar-refractivity contribution in [1.29, 1.82) is 10.5 Å². The van der Waals surface area contributed by atoms with Crippen molar-refractivity contribution in [2.24, 2.45) is 28.6 Å². The summed E-state index contributed by atoms with van der Waals surface area (Å²) in [5.74, 6) is 2.26. The number of piperidine rings is 4. The van der Waals surface area contributed by atoms with Crippen molar-refractivity contribution >= 4 is 46.4 Å². The summed E-state index contributed by atoms with van der Waals surface area (Å²) in [5, 5.41) is 44.3. The maximum Gasteiger partial charge on any atom is 0.335 e. The number of carbonyl (C=O) groups excluding carboxylic acids is 4. The quantitative estimate of drug-likeness (QED) is 0.0291. The molecule has 4 saturated heterocycles. The molecule has 11 rings (SSSR count). The molecule has 0 unspecified atom stereocenters. The number of carboxylic acids is 1. The van der Waals surface area contributed by atoms with E-state index in [0.717, 1.165) is 87.2 Å². The normalized spacial score (nSPS) is 15.2. The SMILES string of the molecule is CC(C)c1ccc(C(=O)N2CCC(C#N)CC2)cc1.CC(C)c1ccc(C(=O)N2CCC(C(N)=NO)CC2)cc1.CC(C)c1ccc(C(=O)N2CCC(c3noc(-c4cccc(F)c4)n3)CC2)cc1.CC(C)c1ccc(C(=O)O)cc1.N#CC1CCNCC1.O=C(Cl)c1cccc(F)c1. The van der Waals surface area contributed by atoms with Crippen LogP contribution in [0.25, 0.3) is 11.5 Å². The highest BCUT2D eigenvalue weighted by Crippen LogP contribution is 2.30. The van der Waals surface area contributed by atoms with Crippen LogP contribution in [0.1, 0.15) is 216 Å². The van der Waals surface area contributed by atoms with Gasteiger partial charge in [-0.2, -0.15) is 15.5 Å². The van der Waals surface area contributed by atoms with Gasteiger partial charge in [0.15, 0.2) is 5.82 Å². The number of halogens is 3. The van der Waals surface area contributed by atoms with Crippen LogP contribution in [0.2, 0.25) is 0 Å². The first-order valence-electron chi connectivity index (χ1n) is 33.9. The Morgan fingerprint density at radius 3 is 1.26 bits per heavy atom. The molecule has 21 heteroatoms. The molecule has 6 aromatic carbocycles. The predicted molar refractivity (Wildman–Crippen MR) is 381 cm³/mol. The van der Waals surface area contributed by atoms with Crippen molar-refractivity contribution in [3.63, 3.8) is 0 Å². The van der Waals surface area contributed by atoms with Gasteiger partial charge in [-0.15, -0.1) is 0 Å². The van der Waals surface area contributed by atoms with E-state index in [1.165, 1.54) is 52.6 Å². The van der Waals surface area contributed by atoms with E-state index in [2.05, 4.69) is 88.1 Å². The van der Waals surface area contributed by atoms with Gasteiger partial charge in [0.1, 0.15) is 17.5 Å². The van der Waals surface area contributed by atoms with E-state index >= 15 is 0 Å². The number of aromatic carboxylic acids is 1. The summed E-state index contributed by atoms with van der Waals surface area (Å²) in [4.78, 5) is 68.5. The molecule has 5 N–H and O–H groups in total. The monoisotopic (exact) mass is 1370 g/mol. The number of likely N-dealkylation sites (tertiary alicyclic amines) is 3. The van der Waals surface area contributed by atoms with Crippen LogP contribution in [0.5, 0.6) is 0 Å². The minimum Gasteiger partial charge on any atom is -0.478 e. The first-order chi connectivity index (χ1) is 47.4. The van der Waals surface area contributed by atoms with Crippen molar-refractivity contribution in [3.8, 4) is 23.6 Å². The van der Waals surface area contributed by atoms with Crippen LogP contribution in [0, 0.1) is 52.1 Å². The molecule has 0 saturated carbocycles. The van der Waals surface area contributed by atoms with Crippen molar-refractivity contribution < 1.29 is 47.6 Å². The lowest BCUT2D eigenvalue weighted by Crippen LogP contribution is -2.41. The lowest BCUT2D eigenvalue weighted by atomic mass is 9.95. The summed E-state index contributed by atoms with van der Waals surface area (Å²) in [7, 11) is 0. The van der Waals surface area contributed by atoms with Crippen LogP contribution >= 0.6 is 11.6 Å². The maximum atomic E-state index is 13.4. The van der Waals surface area contributed by atoms with Gasteiger partial charge in [0.2, 0.25) is 0 Å². The summed E-state index contributed by atoms with van der Waals surface area (Å²) in [6, 6.07) is 46.5. The first kappa shape index (κ1) is 78.4. The second kappa shape index (κ2) is 39.7. The molecule has 4 fully saturated rings. The number of carbonyl (C=O) groups is 5. The van der Waals surface area contributed by atoms with E-state index in [9.17, 15) is 32.8 Å². The fraction of sp³-hybridized carbons (Fsp3) is 0.410. The van der Waals surface area contributed by atoms with E-state index in [4.69, 9.17) is 42.7 Å². The summed E-state index contributed by atoms with van der Waals surface area (Å²) in [6.45, 7) is 23.0. The highest BCUT2D eigenvalue weighted by atomic mass is 35.5. The standard InChI is InChI=1S/C23H24FN3O2.C16H23N3O2.C16H20N2O.C10H12O2.C7H4ClFO.C6H10N2/c1-15(2)16-6-8-18(9-7-16)23(28)27-12-10-17(11-13-27)21-25-22(29-26-21)19-4-3-5-20(24)14-19;1-11(2)12-3-5-14(6-4-12)16(20)19-9-7-13(8-10-19)15(17)18-21;1-12(2)14-3-5-15(6-4-14)16(19)18-9-7-13(11-17)8-10-18;1-7(2)8-3-5-9(6-4-8)10(11)12;8-7(10)5-2-1-3-6(9)4-5;7-5-6-1-3-8-4-2-6/h3-9,14-15,17H,10-13H2,1-2H3;3-6,11,13,21H,7-10H2,1-2H3,(H2,17,18);3-6,12-13H,7-10H2,1-2H3;3-7H,1-2H3,(H,11,12);1-4H;6,8H,1-4H2. The number of nitrogens with one attached hydrogen (secondary N) is 1. The highest BCUT2D eigenvalue weighted by Gasteiger charge is 2.29. The molecule has 0 radical (unpaired) electrons. The van der Waals surface area contributed by atoms with E-state index < -0.39 is 17.0 Å². The number of rotatable bonds is 12. The number of nitrogens with two attached hydrogens (primary N) is 1. The molecule has 18 nitrogen and oxygen atoms in total. The molecule has 0 atom stereocenters. The molecule has 4 aliphatic rings. The van der Waals surface area contributed by atoms with Gasteiger partial charge in [0.05, 0.1) is 17.7 Å². The smallest absolute Gasteiger partial charge is 0.335 e. The van der Waals surface area contributed by atoms with Gasteiger partial charge in [-0.3, -0.25) is 19.2 Å². The summed E-state index contributed by atoms with van der Waals surface area (Å²) in [5.41, 5.74) is 13.8. The second-order valence-corrected chi connectivity index (χ2v) is 26.5. The molecule has 0 spiro atoms. The van der Waals surface area contributed by atoms with Crippen LogP contribution in [0.3, 0.4) is 0 Å². The van der Waals surface area contributed by atoms with Gasteiger partial charge in [-0.1, -0.05) is 126 Å². The highest BCUT2D eigenvalue weighted by molar-refractivity contribution is 6.67. The number of aromatic nitrogens is 2. The van der Waals surface area contributed by atoms with Gasteiger partial charge in [-0.25, -0.2) is 13.6 Å². The third kappa shape index (κ3) is 24.7. The zero-order chi connectivity index (χ0) is 72.1. The van der Waals surface area contributed by atoms with Crippen LogP contribution in [0.4, 0.5) is 8.78 Å². The van der Waals surface area contributed by atoms with Gasteiger partial charge in [0.25, 0.3) is 28.9 Å². The van der Waals surface area contributed by atoms with Crippen molar-refractivity contribution in [3.05, 3.63) is 213 Å². The number of amidine groups is 1. The number of amides is 3. The third-order valence-electron chi connectivity index (χ3n) is 17.8. The zero-order valence-corrected chi connectivity index (χ0v) is 58.7. The maximum absolute atomic E-state index is 13.4. The average molecular weight is 1370 g/mol. The minimum absolute atomic E-state index is 0.0586. The molecule has 524 valence electrons. The van der Waals surface area contributed by atoms with Gasteiger partial charge in [-0.05, 0) is 207 Å². The fourth-order valence-corrected chi connectivity index (χ4v) is 11.4. The number of hydrogen-bond donors (Lipinski definition) is 4. The van der Waals surface area contributed by atoms with E-state index in [1.54, 1.807) is 24.3 Å². The first-order valence-corrected chi connectivity index (χ1v) is 34.3.